The van der Waals surface area contributed by atoms with Gasteiger partial charge in [0.15, 0.2) is 18.9 Å². The van der Waals surface area contributed by atoms with Gasteiger partial charge in [0.25, 0.3) is 0 Å². The van der Waals surface area contributed by atoms with E-state index in [1.807, 2.05) is 13.8 Å². The van der Waals surface area contributed by atoms with Gasteiger partial charge in [0, 0.05) is 6.61 Å². The van der Waals surface area contributed by atoms with E-state index in [2.05, 4.69) is 0 Å². The molecule has 0 aromatic carbocycles. The maximum Gasteiger partial charge on any atom is 0.187 e. The fourth-order valence-electron chi connectivity index (χ4n) is 4.81. The van der Waals surface area contributed by atoms with Crippen molar-refractivity contribution in [2.75, 3.05) is 33.0 Å². The van der Waals surface area contributed by atoms with Crippen LogP contribution in [0.25, 0.3) is 0 Å². The van der Waals surface area contributed by atoms with Gasteiger partial charge in [-0.2, -0.15) is 0 Å². The van der Waals surface area contributed by atoms with Crippen LogP contribution in [0.4, 0.5) is 0 Å². The number of rotatable bonds is 13. The predicted octanol–water partition coefficient (Wildman–Crippen LogP) is -4.46. The molecule has 3 aliphatic rings. The van der Waals surface area contributed by atoms with E-state index >= 15 is 0 Å². The third kappa shape index (κ3) is 8.30. The Kier molecular flexibility index (Phi) is 13.5. The lowest BCUT2D eigenvalue weighted by Crippen LogP contribution is -2.67. The average molecular weight is 603 g/mol. The number of ether oxygens (including phenoxy) is 7. The zero-order valence-corrected chi connectivity index (χ0v) is 23.4. The summed E-state index contributed by atoms with van der Waals surface area (Å²) in [6.45, 7) is 4.55. The van der Waals surface area contributed by atoms with Crippen molar-refractivity contribution in [1.29, 1.82) is 0 Å². The lowest BCUT2D eigenvalue weighted by molar-refractivity contribution is -0.381. The number of hydrogen-bond acceptors (Lipinski definition) is 16. The van der Waals surface area contributed by atoms with Crippen LogP contribution in [-0.2, 0) is 33.2 Å². The van der Waals surface area contributed by atoms with E-state index in [9.17, 15) is 46.0 Å². The lowest BCUT2D eigenvalue weighted by atomic mass is 9.96. The van der Waals surface area contributed by atoms with Crippen molar-refractivity contribution in [1.82, 2.24) is 0 Å². The molecule has 0 bridgehead atoms. The predicted molar refractivity (Wildman–Crippen MR) is 134 cm³/mol. The fraction of sp³-hybridized carbons (Fsp3) is 1.00. The molecular formula is C25H46O16. The third-order valence-corrected chi connectivity index (χ3v) is 7.36. The standard InChI is InChI=1S/C25H46O16/c1-4-35-9-13-14(28)17(31)18(32)24(39-13)40-22-16(30)12(8-27)38-25(20(22)34)41-21-15(29)11(7-26)37-23(19(21)33)36-6-5-10(2)3/h10-34H,4-9H2,1-3H3. The summed E-state index contributed by atoms with van der Waals surface area (Å²) in [7, 11) is 0. The molecule has 9 N–H and O–H groups in total. The van der Waals surface area contributed by atoms with Crippen molar-refractivity contribution in [3.05, 3.63) is 0 Å². The molecular weight excluding hydrogens is 556 g/mol. The zero-order valence-electron chi connectivity index (χ0n) is 23.4. The first-order chi connectivity index (χ1) is 19.4. The van der Waals surface area contributed by atoms with Crippen LogP contribution in [0, 0.1) is 5.92 Å². The number of hydrogen-bond donors (Lipinski definition) is 9. The van der Waals surface area contributed by atoms with Gasteiger partial charge in [0.1, 0.15) is 73.2 Å². The van der Waals surface area contributed by atoms with Crippen LogP contribution in [0.3, 0.4) is 0 Å². The van der Waals surface area contributed by atoms with Gasteiger partial charge in [-0.25, -0.2) is 0 Å². The van der Waals surface area contributed by atoms with Crippen molar-refractivity contribution in [2.24, 2.45) is 5.92 Å². The highest BCUT2D eigenvalue weighted by molar-refractivity contribution is 4.96. The van der Waals surface area contributed by atoms with E-state index in [0.717, 1.165) is 0 Å². The molecule has 0 spiro atoms. The van der Waals surface area contributed by atoms with E-state index in [0.29, 0.717) is 6.42 Å². The molecule has 16 heteroatoms. The van der Waals surface area contributed by atoms with E-state index in [1.165, 1.54) is 0 Å². The molecule has 0 saturated carbocycles. The highest BCUT2D eigenvalue weighted by Gasteiger charge is 2.53. The highest BCUT2D eigenvalue weighted by Crippen LogP contribution is 2.33. The van der Waals surface area contributed by atoms with Crippen molar-refractivity contribution in [3.63, 3.8) is 0 Å². The monoisotopic (exact) mass is 602 g/mol. The third-order valence-electron chi connectivity index (χ3n) is 7.36. The lowest BCUT2D eigenvalue weighted by Gasteiger charge is -2.48. The molecule has 242 valence electrons. The Balaban J connectivity index is 1.76. The molecule has 16 nitrogen and oxygen atoms in total. The molecule has 41 heavy (non-hydrogen) atoms. The van der Waals surface area contributed by atoms with E-state index in [4.69, 9.17) is 33.2 Å². The van der Waals surface area contributed by atoms with Crippen LogP contribution < -0.4 is 0 Å². The van der Waals surface area contributed by atoms with Gasteiger partial charge < -0.3 is 79.1 Å². The van der Waals surface area contributed by atoms with Crippen LogP contribution in [0.5, 0.6) is 0 Å². The topological polar surface area (TPSA) is 247 Å². The van der Waals surface area contributed by atoms with Gasteiger partial charge in [-0.3, -0.25) is 0 Å². The minimum atomic E-state index is -1.85. The van der Waals surface area contributed by atoms with Gasteiger partial charge in [0.05, 0.1) is 26.4 Å². The Bertz CT molecular complexity index is 761. The van der Waals surface area contributed by atoms with Crippen LogP contribution in [0.2, 0.25) is 0 Å². The van der Waals surface area contributed by atoms with Crippen molar-refractivity contribution >= 4 is 0 Å². The van der Waals surface area contributed by atoms with Crippen molar-refractivity contribution < 1.29 is 79.1 Å². The summed E-state index contributed by atoms with van der Waals surface area (Å²) in [5.74, 6) is 0.289. The zero-order chi connectivity index (χ0) is 30.4. The molecule has 0 aromatic rings. The first-order valence-electron chi connectivity index (χ1n) is 13.9. The largest absolute Gasteiger partial charge is 0.394 e. The van der Waals surface area contributed by atoms with Gasteiger partial charge >= 0.3 is 0 Å². The SMILES string of the molecule is CCOCC1OC(OC2C(O)C(CO)OC(OC3C(O)C(CO)OC(OCCC(C)C)C3O)C2O)C(O)C(O)C1O. The van der Waals surface area contributed by atoms with Gasteiger partial charge in [-0.15, -0.1) is 0 Å². The summed E-state index contributed by atoms with van der Waals surface area (Å²) in [6.07, 6.45) is -22.8. The Morgan fingerprint density at radius 3 is 1.61 bits per heavy atom. The first kappa shape index (κ1) is 34.8. The molecule has 3 aliphatic heterocycles. The first-order valence-corrected chi connectivity index (χ1v) is 13.9. The number of aliphatic hydroxyl groups excluding tert-OH is 9. The number of aliphatic hydroxyl groups is 9. The molecule has 3 rings (SSSR count). The molecule has 15 unspecified atom stereocenters. The molecule has 0 amide bonds. The van der Waals surface area contributed by atoms with E-state index < -0.39 is 105 Å². The van der Waals surface area contributed by atoms with Crippen LogP contribution in [0.15, 0.2) is 0 Å². The maximum absolute atomic E-state index is 11.1. The summed E-state index contributed by atoms with van der Waals surface area (Å²) < 4.78 is 38.8. The van der Waals surface area contributed by atoms with Crippen LogP contribution in [-0.4, -0.2) is 171 Å². The van der Waals surface area contributed by atoms with Crippen LogP contribution >= 0.6 is 0 Å². The molecule has 3 saturated heterocycles. The van der Waals surface area contributed by atoms with Crippen LogP contribution in [0.1, 0.15) is 27.2 Å². The normalized spacial score (nSPS) is 45.7. The second-order valence-corrected chi connectivity index (χ2v) is 10.8. The molecule has 0 radical (unpaired) electrons. The molecule has 0 aromatic heterocycles. The minimum Gasteiger partial charge on any atom is -0.394 e. The second kappa shape index (κ2) is 15.9. The quantitative estimate of drug-likeness (QED) is 0.0964. The fourth-order valence-corrected chi connectivity index (χ4v) is 4.81. The second-order valence-electron chi connectivity index (χ2n) is 10.8. The van der Waals surface area contributed by atoms with E-state index in [-0.39, 0.29) is 25.7 Å². The molecule has 3 heterocycles. The van der Waals surface area contributed by atoms with Gasteiger partial charge in [-0.1, -0.05) is 13.8 Å². The Hall–Kier alpha value is -0.640. The van der Waals surface area contributed by atoms with Crippen molar-refractivity contribution in [3.8, 4) is 0 Å². The van der Waals surface area contributed by atoms with E-state index in [1.54, 1.807) is 6.92 Å². The summed E-state index contributed by atoms with van der Waals surface area (Å²) in [5, 5.41) is 94.0. The molecule has 0 aliphatic carbocycles. The van der Waals surface area contributed by atoms with Crippen molar-refractivity contribution in [2.45, 2.75) is 119 Å². The van der Waals surface area contributed by atoms with Gasteiger partial charge in [-0.05, 0) is 19.3 Å². The Morgan fingerprint density at radius 2 is 1.10 bits per heavy atom. The average Bonchev–Trinajstić information content (AvgIpc) is 2.94. The summed E-state index contributed by atoms with van der Waals surface area (Å²) >= 11 is 0. The Labute approximate surface area is 237 Å². The molecule has 15 atom stereocenters. The molecule has 3 fully saturated rings. The summed E-state index contributed by atoms with van der Waals surface area (Å²) in [5.41, 5.74) is 0. The minimum absolute atomic E-state index is 0.156. The highest BCUT2D eigenvalue weighted by atomic mass is 16.8. The summed E-state index contributed by atoms with van der Waals surface area (Å²) in [4.78, 5) is 0. The Morgan fingerprint density at radius 1 is 0.610 bits per heavy atom. The van der Waals surface area contributed by atoms with Gasteiger partial charge in [0.2, 0.25) is 0 Å². The maximum atomic E-state index is 11.1. The smallest absolute Gasteiger partial charge is 0.187 e. The summed E-state index contributed by atoms with van der Waals surface area (Å²) in [6, 6.07) is 0.